The second-order valence-electron chi connectivity index (χ2n) is 5.50. The van der Waals surface area contributed by atoms with Gasteiger partial charge in [0.2, 0.25) is 5.91 Å². The molecule has 0 bridgehead atoms. The predicted molar refractivity (Wildman–Crippen MR) is 62.1 cm³/mol. The molecule has 4 nitrogen and oxygen atoms in total. The van der Waals surface area contributed by atoms with Crippen LogP contribution in [0.2, 0.25) is 0 Å². The van der Waals surface area contributed by atoms with Gasteiger partial charge in [-0.2, -0.15) is 0 Å². The fraction of sp³-hybridized carbons (Fsp3) is 0.917. The lowest BCUT2D eigenvalue weighted by molar-refractivity contribution is -0.142. The smallest absolute Gasteiger partial charge is 0.248 e. The fourth-order valence-corrected chi connectivity index (χ4v) is 1.96. The molecular formula is C12H23NO3. The zero-order valence-electron chi connectivity index (χ0n) is 10.7. The van der Waals surface area contributed by atoms with Gasteiger partial charge in [0.25, 0.3) is 0 Å². The topological polar surface area (TPSA) is 49.8 Å². The third kappa shape index (κ3) is 3.46. The van der Waals surface area contributed by atoms with Crippen molar-refractivity contribution >= 4 is 5.91 Å². The molecule has 2 atom stereocenters. The molecule has 0 aromatic rings. The van der Waals surface area contributed by atoms with E-state index in [1.165, 1.54) is 0 Å². The molecular weight excluding hydrogens is 206 g/mol. The Balaban J connectivity index is 2.48. The predicted octanol–water partition coefficient (Wildman–Crippen LogP) is 1.03. The van der Waals surface area contributed by atoms with Gasteiger partial charge in [0.05, 0.1) is 18.2 Å². The van der Waals surface area contributed by atoms with E-state index < -0.39 is 0 Å². The number of hydrogen-bond acceptors (Lipinski definition) is 3. The molecule has 0 spiro atoms. The number of hydrogen-bond donors (Lipinski definition) is 1. The van der Waals surface area contributed by atoms with Crippen molar-refractivity contribution in [3.63, 3.8) is 0 Å². The van der Waals surface area contributed by atoms with Gasteiger partial charge in [0.15, 0.2) is 0 Å². The van der Waals surface area contributed by atoms with E-state index in [4.69, 9.17) is 4.74 Å². The molecule has 1 fully saturated rings. The Morgan fingerprint density at radius 2 is 2.12 bits per heavy atom. The van der Waals surface area contributed by atoms with E-state index >= 15 is 0 Å². The minimum atomic E-state index is -0.296. The number of carbonyl (C=O) groups excluding carboxylic acids is 1. The van der Waals surface area contributed by atoms with Crippen molar-refractivity contribution < 1.29 is 14.6 Å². The molecule has 1 N–H and O–H groups in total. The third-order valence-electron chi connectivity index (χ3n) is 3.02. The molecule has 0 aromatic heterocycles. The molecule has 0 aromatic carbocycles. The summed E-state index contributed by atoms with van der Waals surface area (Å²) in [5, 5.41) is 9.25. The van der Waals surface area contributed by atoms with Gasteiger partial charge in [-0.15, -0.1) is 0 Å². The molecule has 0 saturated carbocycles. The fourth-order valence-electron chi connectivity index (χ4n) is 1.96. The molecule has 2 unspecified atom stereocenters. The van der Waals surface area contributed by atoms with Crippen molar-refractivity contribution in [3.8, 4) is 0 Å². The number of likely N-dealkylation sites (tertiary alicyclic amines) is 1. The minimum absolute atomic E-state index is 0.0154. The number of nitrogens with zero attached hydrogens (tertiary/aromatic N) is 1. The maximum Gasteiger partial charge on any atom is 0.248 e. The van der Waals surface area contributed by atoms with Crippen molar-refractivity contribution in [2.45, 2.75) is 45.8 Å². The van der Waals surface area contributed by atoms with E-state index in [1.807, 2.05) is 20.8 Å². The van der Waals surface area contributed by atoms with E-state index in [0.717, 1.165) is 13.0 Å². The SMILES string of the molecule is CC1CCN(C(=O)COC(C)(C)C)C1CO. The Kier molecular flexibility index (Phi) is 4.33. The van der Waals surface area contributed by atoms with E-state index in [9.17, 15) is 9.90 Å². The second kappa shape index (κ2) is 5.15. The van der Waals surface area contributed by atoms with Gasteiger partial charge in [-0.25, -0.2) is 0 Å². The average molecular weight is 229 g/mol. The summed E-state index contributed by atoms with van der Waals surface area (Å²) in [5.41, 5.74) is -0.296. The summed E-state index contributed by atoms with van der Waals surface area (Å²) in [6.07, 6.45) is 0.965. The van der Waals surface area contributed by atoms with Gasteiger partial charge in [-0.1, -0.05) is 6.92 Å². The standard InChI is InChI=1S/C12H23NO3/c1-9-5-6-13(10(9)7-14)11(15)8-16-12(2,3)4/h9-10,14H,5-8H2,1-4H3. The Hall–Kier alpha value is -0.610. The lowest BCUT2D eigenvalue weighted by Gasteiger charge is -2.27. The summed E-state index contributed by atoms with van der Waals surface area (Å²) in [6, 6.07) is -0.0314. The molecule has 4 heteroatoms. The number of aliphatic hydroxyl groups excluding tert-OH is 1. The first-order valence-electron chi connectivity index (χ1n) is 5.89. The summed E-state index contributed by atoms with van der Waals surface area (Å²) in [7, 11) is 0. The number of ether oxygens (including phenoxy) is 1. The highest BCUT2D eigenvalue weighted by molar-refractivity contribution is 5.78. The normalized spacial score (nSPS) is 26.2. The van der Waals surface area contributed by atoms with E-state index in [0.29, 0.717) is 5.92 Å². The first-order valence-corrected chi connectivity index (χ1v) is 5.89. The molecule has 0 radical (unpaired) electrons. The van der Waals surface area contributed by atoms with E-state index in [-0.39, 0.29) is 30.8 Å². The molecule has 94 valence electrons. The van der Waals surface area contributed by atoms with Crippen LogP contribution in [-0.4, -0.2) is 47.3 Å². The summed E-state index contributed by atoms with van der Waals surface area (Å²) in [5.74, 6) is 0.363. The maximum atomic E-state index is 11.9. The van der Waals surface area contributed by atoms with Gasteiger partial charge in [0.1, 0.15) is 6.61 Å². The highest BCUT2D eigenvalue weighted by Gasteiger charge is 2.34. The van der Waals surface area contributed by atoms with Crippen molar-refractivity contribution in [2.75, 3.05) is 19.8 Å². The molecule has 1 saturated heterocycles. The van der Waals surface area contributed by atoms with Crippen LogP contribution in [0.5, 0.6) is 0 Å². The van der Waals surface area contributed by atoms with Crippen molar-refractivity contribution in [1.29, 1.82) is 0 Å². The zero-order chi connectivity index (χ0) is 12.3. The van der Waals surface area contributed by atoms with Crippen LogP contribution in [-0.2, 0) is 9.53 Å². The Morgan fingerprint density at radius 1 is 1.50 bits per heavy atom. The largest absolute Gasteiger partial charge is 0.394 e. The second-order valence-corrected chi connectivity index (χ2v) is 5.50. The Morgan fingerprint density at radius 3 is 2.62 bits per heavy atom. The first kappa shape index (κ1) is 13.5. The van der Waals surface area contributed by atoms with Gasteiger partial charge in [-0.3, -0.25) is 4.79 Å². The number of aliphatic hydroxyl groups is 1. The van der Waals surface area contributed by atoms with E-state index in [1.54, 1.807) is 4.90 Å². The van der Waals surface area contributed by atoms with Crippen LogP contribution >= 0.6 is 0 Å². The van der Waals surface area contributed by atoms with Crippen LogP contribution in [0.1, 0.15) is 34.1 Å². The van der Waals surface area contributed by atoms with Crippen molar-refractivity contribution in [1.82, 2.24) is 4.90 Å². The van der Waals surface area contributed by atoms with Crippen molar-refractivity contribution in [3.05, 3.63) is 0 Å². The van der Waals surface area contributed by atoms with Gasteiger partial charge in [0, 0.05) is 6.54 Å². The van der Waals surface area contributed by atoms with E-state index in [2.05, 4.69) is 6.92 Å². The van der Waals surface area contributed by atoms with Crippen LogP contribution in [0.4, 0.5) is 0 Å². The average Bonchev–Trinajstić information content (AvgIpc) is 2.54. The highest BCUT2D eigenvalue weighted by Crippen LogP contribution is 2.23. The molecule has 1 aliphatic rings. The third-order valence-corrected chi connectivity index (χ3v) is 3.02. The monoisotopic (exact) mass is 229 g/mol. The number of carbonyl (C=O) groups is 1. The molecule has 1 aliphatic heterocycles. The lowest BCUT2D eigenvalue weighted by Crippen LogP contribution is -2.42. The summed E-state index contributed by atoms with van der Waals surface area (Å²) in [4.78, 5) is 13.6. The number of amides is 1. The minimum Gasteiger partial charge on any atom is -0.394 e. The summed E-state index contributed by atoms with van der Waals surface area (Å²) in [6.45, 7) is 8.73. The zero-order valence-corrected chi connectivity index (χ0v) is 10.7. The Bertz CT molecular complexity index is 247. The van der Waals surface area contributed by atoms with Crippen LogP contribution < -0.4 is 0 Å². The van der Waals surface area contributed by atoms with Crippen molar-refractivity contribution in [2.24, 2.45) is 5.92 Å². The molecule has 1 amide bonds. The number of rotatable bonds is 3. The van der Waals surface area contributed by atoms with Gasteiger partial charge < -0.3 is 14.7 Å². The highest BCUT2D eigenvalue weighted by atomic mass is 16.5. The maximum absolute atomic E-state index is 11.9. The molecule has 1 rings (SSSR count). The van der Waals surface area contributed by atoms with Crippen LogP contribution in [0.25, 0.3) is 0 Å². The Labute approximate surface area is 97.6 Å². The molecule has 0 aliphatic carbocycles. The molecule has 16 heavy (non-hydrogen) atoms. The lowest BCUT2D eigenvalue weighted by atomic mass is 10.0. The first-order chi connectivity index (χ1) is 7.35. The van der Waals surface area contributed by atoms with Crippen LogP contribution in [0.15, 0.2) is 0 Å². The van der Waals surface area contributed by atoms with Gasteiger partial charge >= 0.3 is 0 Å². The van der Waals surface area contributed by atoms with Crippen LogP contribution in [0, 0.1) is 5.92 Å². The quantitative estimate of drug-likeness (QED) is 0.786. The molecule has 1 heterocycles. The summed E-state index contributed by atoms with van der Waals surface area (Å²) >= 11 is 0. The summed E-state index contributed by atoms with van der Waals surface area (Å²) < 4.78 is 5.46. The van der Waals surface area contributed by atoms with Crippen LogP contribution in [0.3, 0.4) is 0 Å². The van der Waals surface area contributed by atoms with Gasteiger partial charge in [-0.05, 0) is 33.1 Å².